The second-order valence-electron chi connectivity index (χ2n) is 2.47. The number of amides is 1. The Morgan fingerprint density at radius 1 is 1.31 bits per heavy atom. The molecule has 13 heavy (non-hydrogen) atoms. The number of carbonyl (C=O) groups is 2. The molecule has 0 fully saturated rings. The van der Waals surface area contributed by atoms with Crippen molar-refractivity contribution in [1.82, 2.24) is 4.90 Å². The quantitative estimate of drug-likeness (QED) is 0.609. The second kappa shape index (κ2) is 6.28. The molecule has 0 aliphatic rings. The molecule has 5 nitrogen and oxygen atoms in total. The van der Waals surface area contributed by atoms with E-state index in [1.165, 1.54) is 11.8 Å². The smallest absolute Gasteiger partial charge is 0.435 e. The first kappa shape index (κ1) is 11.7. The fourth-order valence-corrected chi connectivity index (χ4v) is 0.583. The van der Waals surface area contributed by atoms with Gasteiger partial charge in [-0.25, -0.2) is 4.79 Å². The van der Waals surface area contributed by atoms with Crippen molar-refractivity contribution in [3.63, 3.8) is 0 Å². The molecule has 0 spiro atoms. The fourth-order valence-electron chi connectivity index (χ4n) is 0.583. The van der Waals surface area contributed by atoms with Gasteiger partial charge in [0.05, 0.1) is 13.2 Å². The van der Waals surface area contributed by atoms with Gasteiger partial charge >= 0.3 is 6.16 Å². The third kappa shape index (κ3) is 5.95. The Labute approximate surface area is 77.6 Å². The first-order chi connectivity index (χ1) is 6.07. The predicted molar refractivity (Wildman–Crippen MR) is 46.3 cm³/mol. The lowest BCUT2D eigenvalue weighted by Crippen LogP contribution is -2.28. The fraction of sp³-hybridized carbons (Fsp3) is 0.750. The number of rotatable bonds is 4. The second-order valence-corrected chi connectivity index (χ2v) is 2.47. The van der Waals surface area contributed by atoms with Gasteiger partial charge in [0, 0.05) is 14.0 Å². The number of carbonyl (C=O) groups excluding carboxylic acids is 2. The van der Waals surface area contributed by atoms with Crippen LogP contribution in [0.4, 0.5) is 4.79 Å². The van der Waals surface area contributed by atoms with Crippen LogP contribution in [0.15, 0.2) is 0 Å². The maximum atomic E-state index is 10.7. The molecule has 0 heterocycles. The maximum Gasteiger partial charge on any atom is 0.508 e. The van der Waals surface area contributed by atoms with Crippen LogP contribution >= 0.6 is 0 Å². The highest BCUT2D eigenvalue weighted by Gasteiger charge is 2.04. The predicted octanol–water partition coefficient (Wildman–Crippen LogP) is 0.638. The molecule has 0 aromatic rings. The van der Waals surface area contributed by atoms with Crippen molar-refractivity contribution in [2.75, 3.05) is 26.8 Å². The zero-order valence-electron chi connectivity index (χ0n) is 8.20. The van der Waals surface area contributed by atoms with Crippen LogP contribution in [0.25, 0.3) is 0 Å². The van der Waals surface area contributed by atoms with Crippen LogP contribution in [-0.2, 0) is 14.3 Å². The van der Waals surface area contributed by atoms with Crippen molar-refractivity contribution in [3.05, 3.63) is 0 Å². The summed E-state index contributed by atoms with van der Waals surface area (Å²) in [5.74, 6) is -0.0625. The Kier molecular flexibility index (Phi) is 5.67. The summed E-state index contributed by atoms with van der Waals surface area (Å²) in [6.07, 6.45) is -0.695. The van der Waals surface area contributed by atoms with Crippen LogP contribution in [0.3, 0.4) is 0 Å². The largest absolute Gasteiger partial charge is 0.508 e. The Morgan fingerprint density at radius 2 is 1.92 bits per heavy atom. The van der Waals surface area contributed by atoms with E-state index >= 15 is 0 Å². The maximum absolute atomic E-state index is 10.7. The Hall–Kier alpha value is -1.26. The number of hydrogen-bond donors (Lipinski definition) is 0. The summed E-state index contributed by atoms with van der Waals surface area (Å²) in [5.41, 5.74) is 0. The standard InChI is InChI=1S/C8H15NO4/c1-4-12-8(11)13-6-5-9(3)7(2)10/h4-6H2,1-3H3. The van der Waals surface area contributed by atoms with Crippen LogP contribution in [0.1, 0.15) is 13.8 Å². The lowest BCUT2D eigenvalue weighted by Gasteiger charge is -2.13. The van der Waals surface area contributed by atoms with E-state index < -0.39 is 6.16 Å². The van der Waals surface area contributed by atoms with Crippen LogP contribution in [0, 0.1) is 0 Å². The van der Waals surface area contributed by atoms with Crippen molar-refractivity contribution in [1.29, 1.82) is 0 Å². The van der Waals surface area contributed by atoms with Gasteiger partial charge in [-0.05, 0) is 6.92 Å². The van der Waals surface area contributed by atoms with Crippen LogP contribution < -0.4 is 0 Å². The van der Waals surface area contributed by atoms with Crippen molar-refractivity contribution < 1.29 is 19.1 Å². The number of likely N-dealkylation sites (N-methyl/N-ethyl adjacent to an activating group) is 1. The molecule has 0 N–H and O–H groups in total. The average molecular weight is 189 g/mol. The molecule has 0 aromatic heterocycles. The number of ether oxygens (including phenoxy) is 2. The summed E-state index contributed by atoms with van der Waals surface area (Å²) >= 11 is 0. The molecule has 5 heteroatoms. The molecule has 76 valence electrons. The minimum atomic E-state index is -0.695. The summed E-state index contributed by atoms with van der Waals surface area (Å²) in [6.45, 7) is 3.98. The molecule has 0 bridgehead atoms. The van der Waals surface area contributed by atoms with Gasteiger partial charge in [0.15, 0.2) is 0 Å². The monoisotopic (exact) mass is 189 g/mol. The molecule has 0 aliphatic heterocycles. The summed E-state index contributed by atoms with van der Waals surface area (Å²) in [7, 11) is 1.64. The third-order valence-electron chi connectivity index (χ3n) is 1.45. The number of hydrogen-bond acceptors (Lipinski definition) is 4. The minimum Gasteiger partial charge on any atom is -0.435 e. The molecule has 0 saturated carbocycles. The molecule has 0 aliphatic carbocycles. The van der Waals surface area contributed by atoms with Crippen LogP contribution in [0.2, 0.25) is 0 Å². The van der Waals surface area contributed by atoms with E-state index in [1.54, 1.807) is 14.0 Å². The van der Waals surface area contributed by atoms with E-state index in [2.05, 4.69) is 9.47 Å². The van der Waals surface area contributed by atoms with Crippen molar-refractivity contribution in [3.8, 4) is 0 Å². The van der Waals surface area contributed by atoms with Crippen molar-refractivity contribution in [2.45, 2.75) is 13.8 Å². The third-order valence-corrected chi connectivity index (χ3v) is 1.45. The lowest BCUT2D eigenvalue weighted by atomic mass is 10.5. The molecule has 0 saturated heterocycles. The molecule has 0 rings (SSSR count). The van der Waals surface area contributed by atoms with Crippen LogP contribution in [0.5, 0.6) is 0 Å². The van der Waals surface area contributed by atoms with Gasteiger partial charge in [0.1, 0.15) is 6.61 Å². The first-order valence-corrected chi connectivity index (χ1v) is 4.09. The van der Waals surface area contributed by atoms with Crippen LogP contribution in [-0.4, -0.2) is 43.8 Å². The topological polar surface area (TPSA) is 55.8 Å². The van der Waals surface area contributed by atoms with E-state index in [0.717, 1.165) is 0 Å². The highest BCUT2D eigenvalue weighted by Crippen LogP contribution is 1.87. The zero-order valence-corrected chi connectivity index (χ0v) is 8.20. The summed E-state index contributed by atoms with van der Waals surface area (Å²) < 4.78 is 9.17. The van der Waals surface area contributed by atoms with Crippen molar-refractivity contribution >= 4 is 12.1 Å². The van der Waals surface area contributed by atoms with E-state index in [4.69, 9.17) is 0 Å². The van der Waals surface area contributed by atoms with Gasteiger partial charge in [-0.1, -0.05) is 0 Å². The lowest BCUT2D eigenvalue weighted by molar-refractivity contribution is -0.128. The van der Waals surface area contributed by atoms with E-state index in [-0.39, 0.29) is 12.5 Å². The summed E-state index contributed by atoms with van der Waals surface area (Å²) in [5, 5.41) is 0. The summed E-state index contributed by atoms with van der Waals surface area (Å²) in [6, 6.07) is 0. The van der Waals surface area contributed by atoms with Gasteiger partial charge in [-0.2, -0.15) is 0 Å². The molecule has 0 atom stereocenters. The van der Waals surface area contributed by atoms with Crippen molar-refractivity contribution in [2.24, 2.45) is 0 Å². The Bertz CT molecular complexity index is 181. The molecule has 1 amide bonds. The van der Waals surface area contributed by atoms with E-state index in [0.29, 0.717) is 13.2 Å². The van der Waals surface area contributed by atoms with Gasteiger partial charge in [-0.3, -0.25) is 4.79 Å². The zero-order chi connectivity index (χ0) is 10.3. The molecule has 0 unspecified atom stereocenters. The molecular weight excluding hydrogens is 174 g/mol. The van der Waals surface area contributed by atoms with Gasteiger partial charge in [0.2, 0.25) is 5.91 Å². The highest BCUT2D eigenvalue weighted by molar-refractivity contribution is 5.72. The Morgan fingerprint density at radius 3 is 2.38 bits per heavy atom. The number of nitrogens with zero attached hydrogens (tertiary/aromatic N) is 1. The first-order valence-electron chi connectivity index (χ1n) is 4.09. The van der Waals surface area contributed by atoms with Gasteiger partial charge in [-0.15, -0.1) is 0 Å². The van der Waals surface area contributed by atoms with Gasteiger partial charge < -0.3 is 14.4 Å². The van der Waals surface area contributed by atoms with E-state index in [1.807, 2.05) is 0 Å². The molecular formula is C8H15NO4. The molecule has 0 aromatic carbocycles. The highest BCUT2D eigenvalue weighted by atomic mass is 16.7. The SMILES string of the molecule is CCOC(=O)OCCN(C)C(C)=O. The van der Waals surface area contributed by atoms with E-state index in [9.17, 15) is 9.59 Å². The molecule has 0 radical (unpaired) electrons. The Balaban J connectivity index is 3.44. The normalized spacial score (nSPS) is 9.15. The van der Waals surface area contributed by atoms with Gasteiger partial charge in [0.25, 0.3) is 0 Å². The average Bonchev–Trinajstić information content (AvgIpc) is 2.04. The minimum absolute atomic E-state index is 0.0625. The summed E-state index contributed by atoms with van der Waals surface area (Å²) in [4.78, 5) is 22.8.